The van der Waals surface area contributed by atoms with Gasteiger partial charge >= 0.3 is 0 Å². The summed E-state index contributed by atoms with van der Waals surface area (Å²) in [5.41, 5.74) is 1.16. The third-order valence-corrected chi connectivity index (χ3v) is 2.76. The Balaban J connectivity index is 2.39. The fraction of sp³-hybridized carbons (Fsp3) is 0.500. The first-order chi connectivity index (χ1) is 7.38. The van der Waals surface area contributed by atoms with E-state index in [-0.39, 0.29) is 5.92 Å². The summed E-state index contributed by atoms with van der Waals surface area (Å²) in [6.07, 6.45) is 7.01. The number of benzene rings is 1. The van der Waals surface area contributed by atoms with Gasteiger partial charge in [0.25, 0.3) is 0 Å². The normalized spacial score (nSPS) is 12.3. The predicted octanol–water partition coefficient (Wildman–Crippen LogP) is 3.94. The molecule has 0 fully saturated rings. The molecule has 0 radical (unpaired) electrons. The zero-order valence-corrected chi connectivity index (χ0v) is 9.49. The second-order valence-corrected chi connectivity index (χ2v) is 4.00. The van der Waals surface area contributed by atoms with E-state index in [4.69, 9.17) is 0 Å². The van der Waals surface area contributed by atoms with Crippen LogP contribution in [0.4, 0.5) is 0 Å². The van der Waals surface area contributed by atoms with E-state index in [2.05, 4.69) is 6.92 Å². The molecule has 1 aromatic rings. The average Bonchev–Trinajstić information content (AvgIpc) is 2.30. The van der Waals surface area contributed by atoms with Crippen LogP contribution in [0.15, 0.2) is 30.3 Å². The molecule has 1 aromatic carbocycles. The highest BCUT2D eigenvalue weighted by Crippen LogP contribution is 2.20. The number of carbonyl (C=O) groups excluding carboxylic acids is 1. The van der Waals surface area contributed by atoms with Crippen molar-refractivity contribution >= 4 is 6.29 Å². The van der Waals surface area contributed by atoms with Crippen LogP contribution >= 0.6 is 0 Å². The van der Waals surface area contributed by atoms with Gasteiger partial charge in [0.1, 0.15) is 6.29 Å². The molecule has 0 aliphatic carbocycles. The van der Waals surface area contributed by atoms with Crippen molar-refractivity contribution in [3.63, 3.8) is 0 Å². The van der Waals surface area contributed by atoms with Crippen molar-refractivity contribution < 1.29 is 4.79 Å². The molecule has 1 rings (SSSR count). The van der Waals surface area contributed by atoms with E-state index in [1.54, 1.807) is 0 Å². The van der Waals surface area contributed by atoms with Crippen LogP contribution in [0, 0.1) is 0 Å². The number of rotatable bonds is 7. The van der Waals surface area contributed by atoms with Crippen LogP contribution in [0.25, 0.3) is 0 Å². The molecule has 0 N–H and O–H groups in total. The lowest BCUT2D eigenvalue weighted by atomic mass is 9.94. The molecule has 82 valence electrons. The molecule has 0 aromatic heterocycles. The molecule has 0 amide bonds. The van der Waals surface area contributed by atoms with Gasteiger partial charge in [0.15, 0.2) is 0 Å². The van der Waals surface area contributed by atoms with Crippen LogP contribution in [0.5, 0.6) is 0 Å². The van der Waals surface area contributed by atoms with Gasteiger partial charge in [-0.1, -0.05) is 62.9 Å². The highest BCUT2D eigenvalue weighted by atomic mass is 16.1. The Kier molecular flexibility index (Phi) is 5.76. The van der Waals surface area contributed by atoms with Crippen molar-refractivity contribution in [2.45, 2.75) is 44.9 Å². The third-order valence-electron chi connectivity index (χ3n) is 2.76. The van der Waals surface area contributed by atoms with Gasteiger partial charge in [0.2, 0.25) is 0 Å². The monoisotopic (exact) mass is 204 g/mol. The third kappa shape index (κ3) is 4.28. The molecule has 1 nitrogen and oxygen atoms in total. The second-order valence-electron chi connectivity index (χ2n) is 4.00. The Morgan fingerprint density at radius 1 is 1.13 bits per heavy atom. The van der Waals surface area contributed by atoms with Crippen molar-refractivity contribution in [1.29, 1.82) is 0 Å². The molecule has 0 aliphatic heterocycles. The van der Waals surface area contributed by atoms with E-state index in [0.29, 0.717) is 0 Å². The van der Waals surface area contributed by atoms with Crippen molar-refractivity contribution in [2.24, 2.45) is 0 Å². The fourth-order valence-electron chi connectivity index (χ4n) is 1.80. The predicted molar refractivity (Wildman–Crippen MR) is 64.0 cm³/mol. The number of unbranched alkanes of at least 4 members (excludes halogenated alkanes) is 3. The van der Waals surface area contributed by atoms with Crippen LogP contribution in [0.2, 0.25) is 0 Å². The molecule has 0 unspecified atom stereocenters. The molecule has 0 bridgehead atoms. The lowest BCUT2D eigenvalue weighted by molar-refractivity contribution is -0.109. The van der Waals surface area contributed by atoms with Gasteiger partial charge in [0, 0.05) is 5.92 Å². The highest BCUT2D eigenvalue weighted by molar-refractivity contribution is 5.61. The summed E-state index contributed by atoms with van der Waals surface area (Å²) in [7, 11) is 0. The SMILES string of the molecule is CCCCCC[C@H](C=O)c1ccccc1. The van der Waals surface area contributed by atoms with Gasteiger partial charge in [0.05, 0.1) is 0 Å². The smallest absolute Gasteiger partial charge is 0.127 e. The van der Waals surface area contributed by atoms with Crippen molar-refractivity contribution in [1.82, 2.24) is 0 Å². The van der Waals surface area contributed by atoms with Crippen molar-refractivity contribution in [3.05, 3.63) is 35.9 Å². The highest BCUT2D eigenvalue weighted by Gasteiger charge is 2.08. The van der Waals surface area contributed by atoms with Crippen LogP contribution in [-0.2, 0) is 4.79 Å². The maximum Gasteiger partial charge on any atom is 0.127 e. The lowest BCUT2D eigenvalue weighted by Crippen LogP contribution is -1.99. The Morgan fingerprint density at radius 3 is 2.47 bits per heavy atom. The van der Waals surface area contributed by atoms with E-state index >= 15 is 0 Å². The van der Waals surface area contributed by atoms with Gasteiger partial charge in [-0.25, -0.2) is 0 Å². The molecule has 0 heterocycles. The van der Waals surface area contributed by atoms with Crippen LogP contribution < -0.4 is 0 Å². The Labute approximate surface area is 92.5 Å². The number of carbonyl (C=O) groups is 1. The first-order valence-corrected chi connectivity index (χ1v) is 5.88. The summed E-state index contributed by atoms with van der Waals surface area (Å²) in [5, 5.41) is 0. The van der Waals surface area contributed by atoms with E-state index in [0.717, 1.165) is 24.7 Å². The maximum atomic E-state index is 11.0. The summed E-state index contributed by atoms with van der Waals surface area (Å²) in [6.45, 7) is 2.20. The molecule has 1 atom stereocenters. The summed E-state index contributed by atoms with van der Waals surface area (Å²) in [6, 6.07) is 10.1. The average molecular weight is 204 g/mol. The minimum Gasteiger partial charge on any atom is -0.303 e. The van der Waals surface area contributed by atoms with Crippen molar-refractivity contribution in [3.8, 4) is 0 Å². The Morgan fingerprint density at radius 2 is 1.87 bits per heavy atom. The van der Waals surface area contributed by atoms with Gasteiger partial charge in [-0.2, -0.15) is 0 Å². The molecule has 0 saturated carbocycles. The Bertz CT molecular complexity index is 266. The van der Waals surface area contributed by atoms with Gasteiger partial charge in [-0.3, -0.25) is 0 Å². The lowest BCUT2D eigenvalue weighted by Gasteiger charge is -2.09. The Hall–Kier alpha value is -1.11. The molecule has 0 spiro atoms. The molecule has 15 heavy (non-hydrogen) atoms. The summed E-state index contributed by atoms with van der Waals surface area (Å²) < 4.78 is 0. The number of hydrogen-bond acceptors (Lipinski definition) is 1. The minimum atomic E-state index is 0.100. The largest absolute Gasteiger partial charge is 0.303 e. The van der Waals surface area contributed by atoms with Crippen molar-refractivity contribution in [2.75, 3.05) is 0 Å². The first-order valence-electron chi connectivity index (χ1n) is 5.88. The molecular weight excluding hydrogens is 184 g/mol. The maximum absolute atomic E-state index is 11.0. The fourth-order valence-corrected chi connectivity index (χ4v) is 1.80. The van der Waals surface area contributed by atoms with E-state index in [1.165, 1.54) is 19.3 Å². The zero-order chi connectivity index (χ0) is 10.9. The number of aldehydes is 1. The van der Waals surface area contributed by atoms with Gasteiger partial charge < -0.3 is 4.79 Å². The topological polar surface area (TPSA) is 17.1 Å². The summed E-state index contributed by atoms with van der Waals surface area (Å²) >= 11 is 0. The zero-order valence-electron chi connectivity index (χ0n) is 9.49. The molecule has 1 heteroatoms. The first kappa shape index (κ1) is 12.0. The van der Waals surface area contributed by atoms with E-state index in [1.807, 2.05) is 30.3 Å². The van der Waals surface area contributed by atoms with E-state index < -0.39 is 0 Å². The molecular formula is C14H20O. The van der Waals surface area contributed by atoms with Gasteiger partial charge in [-0.15, -0.1) is 0 Å². The standard InChI is InChI=1S/C14H20O/c1-2-3-4-6-11-14(12-15)13-9-7-5-8-10-13/h5,7-10,12,14H,2-4,6,11H2,1H3/t14-/m1/s1. The van der Waals surface area contributed by atoms with Crippen LogP contribution in [0.1, 0.15) is 50.5 Å². The van der Waals surface area contributed by atoms with Crippen LogP contribution in [0.3, 0.4) is 0 Å². The van der Waals surface area contributed by atoms with Gasteiger partial charge in [-0.05, 0) is 12.0 Å². The summed E-state index contributed by atoms with van der Waals surface area (Å²) in [5.74, 6) is 0.100. The molecule has 0 saturated heterocycles. The van der Waals surface area contributed by atoms with E-state index in [9.17, 15) is 4.79 Å². The quantitative estimate of drug-likeness (QED) is 0.485. The molecule has 0 aliphatic rings. The second kappa shape index (κ2) is 7.22. The van der Waals surface area contributed by atoms with Crippen LogP contribution in [-0.4, -0.2) is 6.29 Å². The number of hydrogen-bond donors (Lipinski definition) is 0. The summed E-state index contributed by atoms with van der Waals surface area (Å²) in [4.78, 5) is 11.0. The minimum absolute atomic E-state index is 0.100.